The fourth-order valence-electron chi connectivity index (χ4n) is 3.54. The highest BCUT2D eigenvalue weighted by atomic mass is 32.1. The minimum atomic E-state index is -0.906. The second-order valence-corrected chi connectivity index (χ2v) is 7.73. The van der Waals surface area contributed by atoms with Crippen LogP contribution in [0, 0.1) is 36.2 Å². The quantitative estimate of drug-likeness (QED) is 0.126. The van der Waals surface area contributed by atoms with E-state index in [0.29, 0.717) is 28.5 Å². The Balaban J connectivity index is 2.06. The van der Waals surface area contributed by atoms with Gasteiger partial charge >= 0.3 is 5.69 Å². The molecule has 36 heavy (non-hydrogen) atoms. The molecule has 0 unspecified atom stereocenters. The number of nitrogens with zero attached hydrogens (tertiary/aromatic N) is 5. The van der Waals surface area contributed by atoms with E-state index in [1.807, 2.05) is 0 Å². The van der Waals surface area contributed by atoms with Gasteiger partial charge in [-0.1, -0.05) is 72.9 Å². The summed E-state index contributed by atoms with van der Waals surface area (Å²) in [5, 5.41) is 51.0. The number of aromatic amines is 1. The summed E-state index contributed by atoms with van der Waals surface area (Å²) in [6, 6.07) is 21.2. The van der Waals surface area contributed by atoms with E-state index >= 15 is 0 Å². The van der Waals surface area contributed by atoms with Crippen LogP contribution in [0.3, 0.4) is 0 Å². The lowest BCUT2D eigenvalue weighted by molar-refractivity contribution is -0.393. The molecule has 1 aromatic heterocycles. The van der Waals surface area contributed by atoms with Crippen molar-refractivity contribution in [3.63, 3.8) is 0 Å². The maximum atomic E-state index is 11.6. The summed E-state index contributed by atoms with van der Waals surface area (Å²) in [5.41, 5.74) is 0.103. The van der Waals surface area contributed by atoms with Crippen LogP contribution >= 0.6 is 12.2 Å². The lowest BCUT2D eigenvalue weighted by Crippen LogP contribution is -1.95. The van der Waals surface area contributed by atoms with Gasteiger partial charge in [-0.15, -0.1) is 10.2 Å². The summed E-state index contributed by atoms with van der Waals surface area (Å²) in [5.74, 6) is -0.799. The van der Waals surface area contributed by atoms with Crippen LogP contribution in [0.2, 0.25) is 0 Å². The lowest BCUT2D eigenvalue weighted by Gasteiger charge is -2.14. The van der Waals surface area contributed by atoms with Gasteiger partial charge in [-0.05, 0) is 5.56 Å². The van der Waals surface area contributed by atoms with Crippen LogP contribution in [0.25, 0.3) is 22.4 Å². The Bertz CT molecular complexity index is 1630. The molecular formula is C24H14N6O5S. The van der Waals surface area contributed by atoms with Gasteiger partial charge in [0.25, 0.3) is 5.69 Å². The van der Waals surface area contributed by atoms with Gasteiger partial charge in [0.05, 0.1) is 33.2 Å². The van der Waals surface area contributed by atoms with Crippen molar-refractivity contribution in [1.82, 2.24) is 4.98 Å². The number of nitrogens with one attached hydrogen (secondary N) is 1. The fraction of sp³-hybridized carbons (Fsp3) is 0. The molecule has 0 amide bonds. The first kappa shape index (κ1) is 23.9. The van der Waals surface area contributed by atoms with Crippen LogP contribution in [0.1, 0.15) is 5.56 Å². The Morgan fingerprint density at radius 3 is 2.03 bits per heavy atom. The van der Waals surface area contributed by atoms with Crippen LogP contribution < -0.4 is 0 Å². The van der Waals surface area contributed by atoms with Crippen molar-refractivity contribution in [2.75, 3.05) is 0 Å². The zero-order valence-electron chi connectivity index (χ0n) is 18.2. The molecule has 0 saturated heterocycles. The summed E-state index contributed by atoms with van der Waals surface area (Å²) in [6.07, 6.45) is 0. The number of azo groups is 1. The zero-order valence-corrected chi connectivity index (χ0v) is 19.0. The van der Waals surface area contributed by atoms with E-state index in [-0.39, 0.29) is 15.9 Å². The Morgan fingerprint density at radius 1 is 0.889 bits per heavy atom. The van der Waals surface area contributed by atoms with Gasteiger partial charge in [0, 0.05) is 11.1 Å². The highest BCUT2D eigenvalue weighted by Crippen LogP contribution is 2.44. The number of nitro benzene ring substituents is 2. The maximum absolute atomic E-state index is 11.6. The van der Waals surface area contributed by atoms with Crippen molar-refractivity contribution in [2.24, 2.45) is 10.2 Å². The Morgan fingerprint density at radius 2 is 1.47 bits per heavy atom. The van der Waals surface area contributed by atoms with Crippen molar-refractivity contribution < 1.29 is 15.0 Å². The molecule has 4 rings (SSSR count). The molecule has 4 aromatic rings. The van der Waals surface area contributed by atoms with Crippen LogP contribution in [0.5, 0.6) is 5.75 Å². The summed E-state index contributed by atoms with van der Waals surface area (Å²) in [4.78, 5) is 23.9. The number of aromatic hydroxyl groups is 1. The van der Waals surface area contributed by atoms with Crippen molar-refractivity contribution in [3.8, 4) is 34.2 Å². The SMILES string of the molecule is N#Cc1c(-c2ccccc2)c(N=Nc2c(O)cc([N+](=O)[O-])cc2[N+](=O)[O-])c(-c2ccccc2)[nH]c1=S. The second kappa shape index (κ2) is 9.92. The third kappa shape index (κ3) is 4.54. The van der Waals surface area contributed by atoms with E-state index in [9.17, 15) is 30.6 Å². The number of pyridine rings is 1. The molecule has 1 heterocycles. The fourth-order valence-corrected chi connectivity index (χ4v) is 3.78. The number of H-pyrrole nitrogens is 1. The third-order valence-electron chi connectivity index (χ3n) is 5.14. The van der Waals surface area contributed by atoms with Gasteiger partial charge in [-0.3, -0.25) is 20.2 Å². The van der Waals surface area contributed by atoms with E-state index in [2.05, 4.69) is 21.3 Å². The molecule has 0 saturated carbocycles. The average molecular weight is 498 g/mol. The molecule has 176 valence electrons. The second-order valence-electron chi connectivity index (χ2n) is 7.32. The van der Waals surface area contributed by atoms with Crippen LogP contribution in [0.15, 0.2) is 83.0 Å². The van der Waals surface area contributed by atoms with Gasteiger partial charge in [0.15, 0.2) is 5.75 Å². The minimum Gasteiger partial charge on any atom is -0.505 e. The van der Waals surface area contributed by atoms with E-state index in [4.69, 9.17) is 12.2 Å². The molecule has 0 spiro atoms. The molecule has 0 radical (unpaired) electrons. The van der Waals surface area contributed by atoms with E-state index in [1.165, 1.54) is 0 Å². The first-order valence-corrected chi connectivity index (χ1v) is 10.6. The Hall–Kier alpha value is -5.28. The minimum absolute atomic E-state index is 0.104. The molecular weight excluding hydrogens is 484 g/mol. The number of phenolic OH excluding ortho intramolecular Hbond substituents is 1. The molecule has 0 aliphatic heterocycles. The van der Waals surface area contributed by atoms with E-state index < -0.39 is 32.7 Å². The number of rotatable bonds is 6. The number of nitriles is 1. The normalized spacial score (nSPS) is 10.8. The standard InChI is InChI=1S/C24H14N6O5S/c25-13-17-20(14-7-3-1-4-8-14)23(21(26-24(17)36)15-9-5-2-6-10-15)28-27-22-18(30(34)35)11-16(29(32)33)12-19(22)31/h1-12,31H,(H,26,36). The zero-order chi connectivity index (χ0) is 25.8. The summed E-state index contributed by atoms with van der Waals surface area (Å²) >= 11 is 5.43. The summed E-state index contributed by atoms with van der Waals surface area (Å²) in [7, 11) is 0. The molecule has 3 aromatic carbocycles. The van der Waals surface area contributed by atoms with Crippen LogP contribution in [-0.4, -0.2) is 19.9 Å². The molecule has 0 bridgehead atoms. The number of nitro groups is 2. The molecule has 0 aliphatic carbocycles. The first-order valence-electron chi connectivity index (χ1n) is 10.2. The number of non-ortho nitro benzene ring substituents is 1. The van der Waals surface area contributed by atoms with Crippen molar-refractivity contribution in [1.29, 1.82) is 5.26 Å². The predicted octanol–water partition coefficient (Wildman–Crippen LogP) is 6.89. The van der Waals surface area contributed by atoms with Crippen molar-refractivity contribution >= 4 is 35.0 Å². The Kier molecular flexibility index (Phi) is 6.57. The number of aromatic nitrogens is 1. The monoisotopic (exact) mass is 498 g/mol. The van der Waals surface area contributed by atoms with Gasteiger partial charge in [0.1, 0.15) is 16.4 Å². The van der Waals surface area contributed by atoms with E-state index in [1.54, 1.807) is 60.7 Å². The molecule has 0 fully saturated rings. The van der Waals surface area contributed by atoms with Gasteiger partial charge in [-0.25, -0.2) is 0 Å². The number of phenols is 1. The predicted molar refractivity (Wildman–Crippen MR) is 133 cm³/mol. The van der Waals surface area contributed by atoms with Crippen molar-refractivity contribution in [3.05, 3.63) is 103 Å². The molecule has 2 N–H and O–H groups in total. The highest BCUT2D eigenvalue weighted by molar-refractivity contribution is 7.71. The van der Waals surface area contributed by atoms with Crippen LogP contribution in [-0.2, 0) is 0 Å². The van der Waals surface area contributed by atoms with Gasteiger partial charge < -0.3 is 10.1 Å². The largest absolute Gasteiger partial charge is 0.505 e. The molecule has 0 aliphatic rings. The smallest absolute Gasteiger partial charge is 0.307 e. The number of hydrogen-bond acceptors (Lipinski definition) is 9. The van der Waals surface area contributed by atoms with Gasteiger partial charge in [0.2, 0.25) is 5.69 Å². The number of benzene rings is 3. The topological polar surface area (TPSA) is 171 Å². The lowest BCUT2D eigenvalue weighted by atomic mass is 9.97. The van der Waals surface area contributed by atoms with Crippen molar-refractivity contribution in [2.45, 2.75) is 0 Å². The molecule has 0 atom stereocenters. The van der Waals surface area contributed by atoms with Gasteiger partial charge in [-0.2, -0.15) is 5.26 Å². The molecule has 11 nitrogen and oxygen atoms in total. The number of hydrogen-bond donors (Lipinski definition) is 2. The average Bonchev–Trinajstić information content (AvgIpc) is 2.88. The summed E-state index contributed by atoms with van der Waals surface area (Å²) < 4.78 is 0.151. The van der Waals surface area contributed by atoms with E-state index in [0.717, 1.165) is 6.07 Å². The third-order valence-corrected chi connectivity index (χ3v) is 5.44. The summed E-state index contributed by atoms with van der Waals surface area (Å²) in [6.45, 7) is 0. The highest BCUT2D eigenvalue weighted by Gasteiger charge is 2.25. The Labute approximate surface area is 207 Å². The maximum Gasteiger partial charge on any atom is 0.307 e. The van der Waals surface area contributed by atoms with Crippen LogP contribution in [0.4, 0.5) is 22.7 Å². The molecule has 12 heteroatoms. The first-order chi connectivity index (χ1) is 17.3.